The molecule has 3 N–H and O–H groups in total. The monoisotopic (exact) mass is 244 g/mol. The van der Waals surface area contributed by atoms with Crippen molar-refractivity contribution in [2.24, 2.45) is 5.73 Å². The van der Waals surface area contributed by atoms with Gasteiger partial charge in [-0.25, -0.2) is 0 Å². The summed E-state index contributed by atoms with van der Waals surface area (Å²) in [7, 11) is 0. The summed E-state index contributed by atoms with van der Waals surface area (Å²) in [5, 5.41) is 8.65. The van der Waals surface area contributed by atoms with E-state index >= 15 is 0 Å². The normalized spacial score (nSPS) is 16.9. The molecule has 0 spiro atoms. The van der Waals surface area contributed by atoms with Gasteiger partial charge in [-0.15, -0.1) is 0 Å². The predicted octanol–water partition coefficient (Wildman–Crippen LogP) is 0.642. The van der Waals surface area contributed by atoms with Gasteiger partial charge in [-0.2, -0.15) is 5.10 Å². The van der Waals surface area contributed by atoms with Crippen LogP contribution in [0, 0.1) is 0 Å². The molecule has 0 bridgehead atoms. The number of carbonyl (C=O) groups is 1. The quantitative estimate of drug-likeness (QED) is 0.810. The van der Waals surface area contributed by atoms with Gasteiger partial charge in [-0.05, 0) is 18.9 Å². The summed E-state index contributed by atoms with van der Waals surface area (Å²) in [6, 6.07) is 8.05. The lowest BCUT2D eigenvalue weighted by atomic mass is 10.2. The van der Waals surface area contributed by atoms with Crippen LogP contribution in [0.25, 0.3) is 10.9 Å². The highest BCUT2D eigenvalue weighted by Crippen LogP contribution is 2.20. The Kier molecular flexibility index (Phi) is 2.76. The highest BCUT2D eigenvalue weighted by Gasteiger charge is 2.27. The van der Waals surface area contributed by atoms with Gasteiger partial charge >= 0.3 is 0 Å². The molecular weight excluding hydrogens is 228 g/mol. The van der Waals surface area contributed by atoms with Crippen LogP contribution >= 0.6 is 0 Å². The molecule has 1 heterocycles. The molecule has 2 aromatic rings. The average Bonchev–Trinajstić information content (AvgIpc) is 3.09. The Morgan fingerprint density at radius 3 is 3.00 bits per heavy atom. The van der Waals surface area contributed by atoms with Crippen LogP contribution in [0.2, 0.25) is 0 Å². The molecule has 1 aromatic carbocycles. The van der Waals surface area contributed by atoms with Gasteiger partial charge in [0.2, 0.25) is 5.91 Å². The van der Waals surface area contributed by atoms with Crippen LogP contribution in [0.4, 0.5) is 0 Å². The van der Waals surface area contributed by atoms with E-state index in [9.17, 15) is 4.79 Å². The summed E-state index contributed by atoms with van der Waals surface area (Å²) >= 11 is 0. The Bertz CT molecular complexity index is 573. The molecule has 1 aliphatic carbocycles. The highest BCUT2D eigenvalue weighted by molar-refractivity contribution is 5.81. The molecule has 1 aromatic heterocycles. The van der Waals surface area contributed by atoms with Gasteiger partial charge in [0.15, 0.2) is 0 Å². The predicted molar refractivity (Wildman–Crippen MR) is 68.9 cm³/mol. The SMILES string of the molecule is NC(=O)C(Cn1ncc2ccccc21)NC1CC1. The zero-order valence-electron chi connectivity index (χ0n) is 10.0. The van der Waals surface area contributed by atoms with Crippen LogP contribution in [-0.4, -0.2) is 27.8 Å². The van der Waals surface area contributed by atoms with E-state index in [-0.39, 0.29) is 11.9 Å². The Morgan fingerprint density at radius 1 is 1.50 bits per heavy atom. The molecule has 1 atom stereocenters. The first kappa shape index (κ1) is 11.2. The zero-order chi connectivity index (χ0) is 12.5. The second-order valence-corrected chi connectivity index (χ2v) is 4.78. The van der Waals surface area contributed by atoms with Crippen molar-refractivity contribution in [1.29, 1.82) is 0 Å². The summed E-state index contributed by atoms with van der Waals surface area (Å²) < 4.78 is 1.83. The van der Waals surface area contributed by atoms with Crippen molar-refractivity contribution in [3.8, 4) is 0 Å². The molecule has 1 fully saturated rings. The van der Waals surface area contributed by atoms with E-state index < -0.39 is 0 Å². The van der Waals surface area contributed by atoms with E-state index in [2.05, 4.69) is 10.4 Å². The van der Waals surface area contributed by atoms with Crippen molar-refractivity contribution in [2.45, 2.75) is 31.5 Å². The summed E-state index contributed by atoms with van der Waals surface area (Å²) in [6.45, 7) is 0.485. The maximum Gasteiger partial charge on any atom is 0.236 e. The van der Waals surface area contributed by atoms with Gasteiger partial charge in [-0.1, -0.05) is 18.2 Å². The molecule has 94 valence electrons. The van der Waals surface area contributed by atoms with Gasteiger partial charge in [0, 0.05) is 11.4 Å². The van der Waals surface area contributed by atoms with Gasteiger partial charge in [0.05, 0.1) is 18.3 Å². The fraction of sp³-hybridized carbons (Fsp3) is 0.385. The van der Waals surface area contributed by atoms with Gasteiger partial charge in [0.25, 0.3) is 0 Å². The van der Waals surface area contributed by atoms with E-state index in [0.29, 0.717) is 12.6 Å². The number of hydrogen-bond donors (Lipinski definition) is 2. The van der Waals surface area contributed by atoms with Crippen molar-refractivity contribution in [1.82, 2.24) is 15.1 Å². The van der Waals surface area contributed by atoms with E-state index in [1.165, 1.54) is 0 Å². The summed E-state index contributed by atoms with van der Waals surface area (Å²) in [6.07, 6.45) is 4.07. The Morgan fingerprint density at radius 2 is 2.28 bits per heavy atom. The largest absolute Gasteiger partial charge is 0.368 e. The molecule has 5 nitrogen and oxygen atoms in total. The minimum atomic E-state index is -0.346. The molecular formula is C13H16N4O. The molecule has 1 aliphatic rings. The van der Waals surface area contributed by atoms with Crippen molar-refractivity contribution >= 4 is 16.8 Å². The minimum absolute atomic E-state index is 0.318. The molecule has 18 heavy (non-hydrogen) atoms. The first-order valence-electron chi connectivity index (χ1n) is 6.20. The third kappa shape index (κ3) is 2.22. The number of carbonyl (C=O) groups excluding carboxylic acids is 1. The van der Waals surface area contributed by atoms with E-state index in [4.69, 9.17) is 5.73 Å². The number of nitrogens with two attached hydrogens (primary N) is 1. The first-order chi connectivity index (χ1) is 8.74. The van der Waals surface area contributed by atoms with E-state index in [1.807, 2.05) is 35.1 Å². The average molecular weight is 244 g/mol. The molecule has 1 unspecified atom stereocenters. The number of fused-ring (bicyclic) bond motifs is 1. The first-order valence-corrected chi connectivity index (χ1v) is 6.20. The molecule has 1 amide bonds. The van der Waals surface area contributed by atoms with Gasteiger partial charge in [0.1, 0.15) is 6.04 Å². The number of nitrogens with one attached hydrogen (secondary N) is 1. The maximum absolute atomic E-state index is 11.4. The summed E-state index contributed by atoms with van der Waals surface area (Å²) in [4.78, 5) is 11.4. The number of rotatable bonds is 5. The third-order valence-corrected chi connectivity index (χ3v) is 3.26. The Balaban J connectivity index is 1.82. The summed E-state index contributed by atoms with van der Waals surface area (Å²) in [5.41, 5.74) is 6.46. The van der Waals surface area contributed by atoms with Crippen LogP contribution in [0.15, 0.2) is 30.5 Å². The lowest BCUT2D eigenvalue weighted by Gasteiger charge is -2.15. The molecule has 5 heteroatoms. The van der Waals surface area contributed by atoms with Crippen LogP contribution in [0.5, 0.6) is 0 Å². The lowest BCUT2D eigenvalue weighted by molar-refractivity contribution is -0.120. The third-order valence-electron chi connectivity index (χ3n) is 3.26. The number of aromatic nitrogens is 2. The van der Waals surface area contributed by atoms with Crippen molar-refractivity contribution < 1.29 is 4.79 Å². The fourth-order valence-electron chi connectivity index (χ4n) is 2.10. The standard InChI is InChI=1S/C13H16N4O/c14-13(18)11(16-10-5-6-10)8-17-12-4-2-1-3-9(12)7-15-17/h1-4,7,10-11,16H,5-6,8H2,(H2,14,18). The van der Waals surface area contributed by atoms with Gasteiger partial charge in [-0.3, -0.25) is 9.48 Å². The number of para-hydroxylation sites is 1. The number of amides is 1. The molecule has 0 aliphatic heterocycles. The van der Waals surface area contributed by atoms with Crippen LogP contribution in [0.1, 0.15) is 12.8 Å². The highest BCUT2D eigenvalue weighted by atomic mass is 16.1. The molecule has 1 saturated carbocycles. The Hall–Kier alpha value is -1.88. The smallest absolute Gasteiger partial charge is 0.236 e. The van der Waals surface area contributed by atoms with Crippen LogP contribution in [0.3, 0.4) is 0 Å². The Labute approximate surface area is 105 Å². The minimum Gasteiger partial charge on any atom is -0.368 e. The second-order valence-electron chi connectivity index (χ2n) is 4.78. The second kappa shape index (κ2) is 4.42. The van der Waals surface area contributed by atoms with E-state index in [1.54, 1.807) is 0 Å². The number of hydrogen-bond acceptors (Lipinski definition) is 3. The summed E-state index contributed by atoms with van der Waals surface area (Å²) in [5.74, 6) is -0.318. The number of nitrogens with zero attached hydrogens (tertiary/aromatic N) is 2. The van der Waals surface area contributed by atoms with Gasteiger partial charge < -0.3 is 11.1 Å². The fourth-order valence-corrected chi connectivity index (χ4v) is 2.10. The molecule has 3 rings (SSSR count). The molecule has 0 radical (unpaired) electrons. The molecule has 0 saturated heterocycles. The van der Waals surface area contributed by atoms with Crippen LogP contribution < -0.4 is 11.1 Å². The lowest BCUT2D eigenvalue weighted by Crippen LogP contribution is -2.45. The van der Waals surface area contributed by atoms with Crippen molar-refractivity contribution in [3.05, 3.63) is 30.5 Å². The maximum atomic E-state index is 11.4. The zero-order valence-corrected chi connectivity index (χ0v) is 10.0. The topological polar surface area (TPSA) is 72.9 Å². The number of benzene rings is 1. The van der Waals surface area contributed by atoms with E-state index in [0.717, 1.165) is 23.7 Å². The number of primary amides is 1. The van der Waals surface area contributed by atoms with Crippen molar-refractivity contribution in [3.63, 3.8) is 0 Å². The van der Waals surface area contributed by atoms with Crippen molar-refractivity contribution in [2.75, 3.05) is 0 Å². The van der Waals surface area contributed by atoms with Crippen LogP contribution in [-0.2, 0) is 11.3 Å².